The number of nitrogens with zero attached hydrogens (tertiary/aromatic N) is 3. The van der Waals surface area contributed by atoms with Crippen molar-refractivity contribution in [1.82, 2.24) is 19.8 Å². The molecule has 3 aromatic carbocycles. The van der Waals surface area contributed by atoms with E-state index >= 15 is 0 Å². The van der Waals surface area contributed by atoms with E-state index in [2.05, 4.69) is 41.5 Å². The van der Waals surface area contributed by atoms with E-state index in [1.54, 1.807) is 0 Å². The first-order chi connectivity index (χ1) is 15.6. The van der Waals surface area contributed by atoms with Gasteiger partial charge in [0.25, 0.3) is 0 Å². The second-order valence-electron chi connectivity index (χ2n) is 7.94. The molecule has 5 nitrogen and oxygen atoms in total. The van der Waals surface area contributed by atoms with E-state index in [0.29, 0.717) is 11.6 Å². The Morgan fingerprint density at radius 1 is 1.00 bits per heavy atom. The number of rotatable bonds is 9. The summed E-state index contributed by atoms with van der Waals surface area (Å²) >= 11 is 6.05. The third-order valence-electron chi connectivity index (χ3n) is 5.39. The maximum absolute atomic E-state index is 12.7. The number of carbonyl (C=O) groups is 1. The topological polar surface area (TPSA) is 50.2 Å². The summed E-state index contributed by atoms with van der Waals surface area (Å²) < 4.78 is 1.97. The zero-order valence-electron chi connectivity index (χ0n) is 18.2. The number of nitrogens with one attached hydrogen (secondary N) is 1. The Morgan fingerprint density at radius 3 is 2.50 bits per heavy atom. The molecule has 0 aliphatic heterocycles. The van der Waals surface area contributed by atoms with Crippen LogP contribution in [-0.2, 0) is 17.9 Å². The van der Waals surface area contributed by atoms with Gasteiger partial charge in [0.1, 0.15) is 12.4 Å². The number of amides is 1. The fourth-order valence-electron chi connectivity index (χ4n) is 3.81. The molecule has 0 unspecified atom stereocenters. The predicted octanol–water partition coefficient (Wildman–Crippen LogP) is 5.00. The van der Waals surface area contributed by atoms with Crippen molar-refractivity contribution >= 4 is 28.5 Å². The summed E-state index contributed by atoms with van der Waals surface area (Å²) in [5.41, 5.74) is 4.03. The van der Waals surface area contributed by atoms with Crippen LogP contribution in [0.25, 0.3) is 22.4 Å². The summed E-state index contributed by atoms with van der Waals surface area (Å²) in [5.74, 6) is 0.745. The molecule has 0 aliphatic carbocycles. The Balaban J connectivity index is 1.36. The van der Waals surface area contributed by atoms with E-state index in [1.165, 1.54) is 5.56 Å². The van der Waals surface area contributed by atoms with Crippen LogP contribution in [-0.4, -0.2) is 40.5 Å². The maximum atomic E-state index is 12.7. The van der Waals surface area contributed by atoms with E-state index in [0.717, 1.165) is 41.9 Å². The summed E-state index contributed by atoms with van der Waals surface area (Å²) in [5, 5.41) is 3.73. The predicted molar refractivity (Wildman–Crippen MR) is 131 cm³/mol. The van der Waals surface area contributed by atoms with Crippen molar-refractivity contribution in [2.45, 2.75) is 19.5 Å². The summed E-state index contributed by atoms with van der Waals surface area (Å²) in [6.45, 7) is 2.68. The van der Waals surface area contributed by atoms with Crippen LogP contribution in [0.15, 0.2) is 78.9 Å². The number of benzene rings is 3. The minimum absolute atomic E-state index is 0.0194. The van der Waals surface area contributed by atoms with Gasteiger partial charge < -0.3 is 14.8 Å². The molecule has 0 bridgehead atoms. The van der Waals surface area contributed by atoms with Gasteiger partial charge in [0.2, 0.25) is 5.91 Å². The van der Waals surface area contributed by atoms with Crippen LogP contribution in [0.5, 0.6) is 0 Å². The molecule has 0 spiro atoms. The maximum Gasteiger partial charge on any atom is 0.240 e. The molecule has 4 aromatic rings. The Bertz CT molecular complexity index is 1170. The van der Waals surface area contributed by atoms with E-state index < -0.39 is 0 Å². The number of para-hydroxylation sites is 2. The Labute approximate surface area is 193 Å². The molecule has 0 saturated heterocycles. The zero-order chi connectivity index (χ0) is 22.3. The summed E-state index contributed by atoms with van der Waals surface area (Å²) in [7, 11) is 2.10. The molecular formula is C26H27ClN4O. The van der Waals surface area contributed by atoms with E-state index in [-0.39, 0.29) is 12.5 Å². The van der Waals surface area contributed by atoms with Gasteiger partial charge in [-0.3, -0.25) is 4.79 Å². The number of hydrogen-bond acceptors (Lipinski definition) is 3. The lowest BCUT2D eigenvalue weighted by Gasteiger charge is -2.17. The minimum Gasteiger partial charge on any atom is -0.355 e. The van der Waals surface area contributed by atoms with E-state index in [4.69, 9.17) is 16.6 Å². The van der Waals surface area contributed by atoms with Crippen molar-refractivity contribution < 1.29 is 4.79 Å². The first-order valence-corrected chi connectivity index (χ1v) is 11.2. The van der Waals surface area contributed by atoms with Crippen LogP contribution < -0.4 is 5.32 Å². The van der Waals surface area contributed by atoms with Crippen molar-refractivity contribution in [3.8, 4) is 11.4 Å². The van der Waals surface area contributed by atoms with E-state index in [1.807, 2.05) is 59.2 Å². The highest BCUT2D eigenvalue weighted by Crippen LogP contribution is 2.25. The highest BCUT2D eigenvalue weighted by atomic mass is 35.5. The summed E-state index contributed by atoms with van der Waals surface area (Å²) in [4.78, 5) is 19.8. The Kier molecular flexibility index (Phi) is 7.20. The number of hydrogen-bond donors (Lipinski definition) is 1. The molecule has 0 atom stereocenters. The van der Waals surface area contributed by atoms with Gasteiger partial charge in [-0.2, -0.15) is 0 Å². The molecular weight excluding hydrogens is 420 g/mol. The van der Waals surface area contributed by atoms with Crippen LogP contribution in [0.4, 0.5) is 0 Å². The summed E-state index contributed by atoms with van der Waals surface area (Å²) in [6, 6.07) is 25.8. The molecule has 4 rings (SSSR count). The van der Waals surface area contributed by atoms with Gasteiger partial charge in [-0.25, -0.2) is 4.98 Å². The number of aromatic nitrogens is 2. The highest BCUT2D eigenvalue weighted by Gasteiger charge is 2.15. The average molecular weight is 447 g/mol. The minimum atomic E-state index is -0.0194. The smallest absolute Gasteiger partial charge is 0.240 e. The largest absolute Gasteiger partial charge is 0.355 e. The fourth-order valence-corrected chi connectivity index (χ4v) is 3.93. The molecule has 1 aromatic heterocycles. The first kappa shape index (κ1) is 22.1. The highest BCUT2D eigenvalue weighted by molar-refractivity contribution is 6.30. The zero-order valence-corrected chi connectivity index (χ0v) is 18.9. The van der Waals surface area contributed by atoms with Gasteiger partial charge >= 0.3 is 0 Å². The van der Waals surface area contributed by atoms with Crippen molar-refractivity contribution in [2.75, 3.05) is 20.1 Å². The van der Waals surface area contributed by atoms with E-state index in [9.17, 15) is 4.79 Å². The van der Waals surface area contributed by atoms with Crippen LogP contribution in [0.3, 0.4) is 0 Å². The van der Waals surface area contributed by atoms with Crippen LogP contribution in [0, 0.1) is 0 Å². The molecule has 32 heavy (non-hydrogen) atoms. The quantitative estimate of drug-likeness (QED) is 0.368. The molecule has 1 amide bonds. The van der Waals surface area contributed by atoms with Crippen LogP contribution in [0.2, 0.25) is 5.02 Å². The lowest BCUT2D eigenvalue weighted by atomic mass is 10.2. The number of fused-ring (bicyclic) bond motifs is 1. The van der Waals surface area contributed by atoms with Crippen molar-refractivity contribution in [2.24, 2.45) is 0 Å². The van der Waals surface area contributed by atoms with Crippen molar-refractivity contribution in [3.63, 3.8) is 0 Å². The standard InChI is InChI=1S/C26H27ClN4O/c1-30(18-20-8-3-2-4-9-20)17-7-16-28-25(32)19-31-24-11-6-5-10-23(24)29-26(31)21-12-14-22(27)15-13-21/h2-6,8-15H,7,16-19H2,1H3,(H,28,32). The van der Waals surface area contributed by atoms with Crippen LogP contribution in [0.1, 0.15) is 12.0 Å². The number of halogens is 1. The molecule has 6 heteroatoms. The van der Waals surface area contributed by atoms with Crippen molar-refractivity contribution in [1.29, 1.82) is 0 Å². The second kappa shape index (κ2) is 10.4. The molecule has 1 heterocycles. The molecule has 0 aliphatic rings. The Morgan fingerprint density at radius 2 is 1.72 bits per heavy atom. The van der Waals surface area contributed by atoms with Crippen LogP contribution >= 0.6 is 11.6 Å². The SMILES string of the molecule is CN(CCCNC(=O)Cn1c(-c2ccc(Cl)cc2)nc2ccccc21)Cc1ccccc1. The van der Waals surface area contributed by atoms with Gasteiger partial charge in [0.05, 0.1) is 11.0 Å². The molecule has 0 radical (unpaired) electrons. The fraction of sp³-hybridized carbons (Fsp3) is 0.231. The van der Waals surface area contributed by atoms with Gasteiger partial charge in [-0.15, -0.1) is 0 Å². The molecule has 164 valence electrons. The van der Waals surface area contributed by atoms with Gasteiger partial charge in [0, 0.05) is 23.7 Å². The third-order valence-corrected chi connectivity index (χ3v) is 5.64. The normalized spacial score (nSPS) is 11.2. The van der Waals surface area contributed by atoms with Gasteiger partial charge in [-0.05, 0) is 62.0 Å². The molecule has 0 saturated carbocycles. The second-order valence-corrected chi connectivity index (χ2v) is 8.38. The lowest BCUT2D eigenvalue weighted by Crippen LogP contribution is -2.30. The molecule has 0 fully saturated rings. The third kappa shape index (κ3) is 5.55. The van der Waals surface area contributed by atoms with Crippen molar-refractivity contribution in [3.05, 3.63) is 89.4 Å². The average Bonchev–Trinajstić information content (AvgIpc) is 3.16. The number of carbonyl (C=O) groups excluding carboxylic acids is 1. The summed E-state index contributed by atoms with van der Waals surface area (Å²) in [6.07, 6.45) is 0.893. The monoisotopic (exact) mass is 446 g/mol. The van der Waals surface area contributed by atoms with Gasteiger partial charge in [0.15, 0.2) is 0 Å². The first-order valence-electron chi connectivity index (χ1n) is 10.8. The molecule has 1 N–H and O–H groups in total. The number of imidazole rings is 1. The lowest BCUT2D eigenvalue weighted by molar-refractivity contribution is -0.121. The Hall–Kier alpha value is -3.15. The van der Waals surface area contributed by atoms with Gasteiger partial charge in [-0.1, -0.05) is 54.1 Å².